The molecule has 0 heterocycles. The Balaban J connectivity index is 2.79. The number of rotatable bonds is 6. The standard InChI is InChI=1S/C11H15NO5S/c1-8(11(13)14)12-18(15,16)7-9-4-3-5-10(6-9)17-2/h3-6,8,12H,7H2,1-2H3,(H,13,14)/t8-/m0/s1. The second-order valence-electron chi connectivity index (χ2n) is 3.79. The van der Waals surface area contributed by atoms with Crippen LogP contribution in [-0.2, 0) is 20.6 Å². The SMILES string of the molecule is COc1cccc(CS(=O)(=O)N[C@@H](C)C(=O)O)c1. The first kappa shape index (κ1) is 14.5. The first-order chi connectivity index (χ1) is 8.34. The van der Waals surface area contributed by atoms with E-state index >= 15 is 0 Å². The van der Waals surface area contributed by atoms with Gasteiger partial charge in [0.2, 0.25) is 10.0 Å². The fraction of sp³-hybridized carbons (Fsp3) is 0.364. The van der Waals surface area contributed by atoms with Gasteiger partial charge in [-0.05, 0) is 24.6 Å². The number of methoxy groups -OCH3 is 1. The zero-order chi connectivity index (χ0) is 13.8. The Hall–Kier alpha value is -1.60. The highest BCUT2D eigenvalue weighted by molar-refractivity contribution is 7.88. The van der Waals surface area contributed by atoms with Crippen molar-refractivity contribution >= 4 is 16.0 Å². The van der Waals surface area contributed by atoms with Gasteiger partial charge in [0.15, 0.2) is 0 Å². The Bertz CT molecular complexity index is 526. The van der Waals surface area contributed by atoms with E-state index in [1.807, 2.05) is 0 Å². The molecule has 2 N–H and O–H groups in total. The molecule has 1 rings (SSSR count). The highest BCUT2D eigenvalue weighted by atomic mass is 32.2. The number of benzene rings is 1. The molecule has 0 aromatic heterocycles. The lowest BCUT2D eigenvalue weighted by atomic mass is 10.2. The minimum atomic E-state index is -3.69. The molecule has 6 nitrogen and oxygen atoms in total. The first-order valence-corrected chi connectivity index (χ1v) is 6.85. The van der Waals surface area contributed by atoms with Crippen LogP contribution in [0.15, 0.2) is 24.3 Å². The van der Waals surface area contributed by atoms with E-state index in [1.54, 1.807) is 24.3 Å². The van der Waals surface area contributed by atoms with Gasteiger partial charge >= 0.3 is 5.97 Å². The predicted molar refractivity (Wildman–Crippen MR) is 65.9 cm³/mol. The van der Waals surface area contributed by atoms with Crippen LogP contribution in [0.4, 0.5) is 0 Å². The summed E-state index contributed by atoms with van der Waals surface area (Å²) >= 11 is 0. The Morgan fingerprint density at radius 2 is 2.17 bits per heavy atom. The van der Waals surface area contributed by atoms with Crippen molar-refractivity contribution in [1.82, 2.24) is 4.72 Å². The molecule has 0 spiro atoms. The molecule has 0 aliphatic heterocycles. The molecule has 0 radical (unpaired) electrons. The number of sulfonamides is 1. The van der Waals surface area contributed by atoms with Gasteiger partial charge in [0.1, 0.15) is 11.8 Å². The number of ether oxygens (including phenoxy) is 1. The molecule has 18 heavy (non-hydrogen) atoms. The fourth-order valence-corrected chi connectivity index (χ4v) is 2.68. The van der Waals surface area contributed by atoms with Crippen LogP contribution >= 0.6 is 0 Å². The summed E-state index contributed by atoms with van der Waals surface area (Å²) in [6, 6.07) is 5.44. The lowest BCUT2D eigenvalue weighted by Gasteiger charge is -2.10. The normalized spacial score (nSPS) is 13.0. The summed E-state index contributed by atoms with van der Waals surface area (Å²) in [7, 11) is -2.21. The van der Waals surface area contributed by atoms with Gasteiger partial charge in [0, 0.05) is 0 Å². The van der Waals surface area contributed by atoms with E-state index in [0.717, 1.165) is 0 Å². The topological polar surface area (TPSA) is 92.7 Å². The number of hydrogen-bond acceptors (Lipinski definition) is 4. The Labute approximate surface area is 106 Å². The third kappa shape index (κ3) is 4.34. The maximum Gasteiger partial charge on any atom is 0.321 e. The number of carbonyl (C=O) groups is 1. The molecular weight excluding hydrogens is 258 g/mol. The molecule has 1 aromatic carbocycles. The van der Waals surface area contributed by atoms with Crippen LogP contribution in [0.5, 0.6) is 5.75 Å². The van der Waals surface area contributed by atoms with E-state index < -0.39 is 22.0 Å². The number of hydrogen-bond donors (Lipinski definition) is 2. The third-order valence-electron chi connectivity index (χ3n) is 2.22. The van der Waals surface area contributed by atoms with Crippen LogP contribution in [-0.4, -0.2) is 32.6 Å². The Morgan fingerprint density at radius 1 is 1.50 bits per heavy atom. The number of carboxylic acid groups (broad SMARTS) is 1. The summed E-state index contributed by atoms with van der Waals surface area (Å²) in [5.74, 6) is -0.958. The molecule has 0 saturated heterocycles. The van der Waals surface area contributed by atoms with Crippen molar-refractivity contribution in [2.45, 2.75) is 18.7 Å². The lowest BCUT2D eigenvalue weighted by Crippen LogP contribution is -2.38. The molecule has 0 amide bonds. The highest BCUT2D eigenvalue weighted by Crippen LogP contribution is 2.14. The van der Waals surface area contributed by atoms with Crippen molar-refractivity contribution in [3.63, 3.8) is 0 Å². The van der Waals surface area contributed by atoms with E-state index in [0.29, 0.717) is 11.3 Å². The predicted octanol–water partition coefficient (Wildman–Crippen LogP) is 0.588. The van der Waals surface area contributed by atoms with Crippen molar-refractivity contribution in [1.29, 1.82) is 0 Å². The summed E-state index contributed by atoms with van der Waals surface area (Å²) < 4.78 is 30.5. The number of carboxylic acids is 1. The summed E-state index contributed by atoms with van der Waals surface area (Å²) in [5.41, 5.74) is 0.527. The monoisotopic (exact) mass is 273 g/mol. The summed E-state index contributed by atoms with van der Waals surface area (Å²) in [6.45, 7) is 1.27. The molecule has 1 atom stereocenters. The fourth-order valence-electron chi connectivity index (χ4n) is 1.34. The van der Waals surface area contributed by atoms with Gasteiger partial charge in [0.25, 0.3) is 0 Å². The number of aliphatic carboxylic acids is 1. The minimum absolute atomic E-state index is 0.290. The average molecular weight is 273 g/mol. The molecule has 1 aromatic rings. The summed E-state index contributed by atoms with van der Waals surface area (Å²) in [5, 5.41) is 8.65. The maximum absolute atomic E-state index is 11.7. The van der Waals surface area contributed by atoms with E-state index in [2.05, 4.69) is 4.72 Å². The van der Waals surface area contributed by atoms with Crippen LogP contribution in [0.2, 0.25) is 0 Å². The van der Waals surface area contributed by atoms with Crippen molar-refractivity contribution in [3.05, 3.63) is 29.8 Å². The Morgan fingerprint density at radius 3 is 2.72 bits per heavy atom. The van der Waals surface area contributed by atoms with Gasteiger partial charge < -0.3 is 9.84 Å². The van der Waals surface area contributed by atoms with Gasteiger partial charge in [0.05, 0.1) is 12.9 Å². The largest absolute Gasteiger partial charge is 0.497 e. The van der Waals surface area contributed by atoms with Crippen LogP contribution in [0.1, 0.15) is 12.5 Å². The van der Waals surface area contributed by atoms with Gasteiger partial charge in [-0.15, -0.1) is 0 Å². The number of nitrogens with one attached hydrogen (secondary N) is 1. The third-order valence-corrected chi connectivity index (χ3v) is 3.64. The molecule has 0 unspecified atom stereocenters. The van der Waals surface area contributed by atoms with Crippen molar-refractivity contribution in [2.75, 3.05) is 7.11 Å². The van der Waals surface area contributed by atoms with E-state index in [9.17, 15) is 13.2 Å². The zero-order valence-corrected chi connectivity index (χ0v) is 10.9. The van der Waals surface area contributed by atoms with Gasteiger partial charge in [-0.3, -0.25) is 4.79 Å². The zero-order valence-electron chi connectivity index (χ0n) is 10.1. The Kier molecular flexibility index (Phi) is 4.69. The summed E-state index contributed by atoms with van der Waals surface area (Å²) in [6.07, 6.45) is 0. The molecule has 100 valence electrons. The smallest absolute Gasteiger partial charge is 0.321 e. The van der Waals surface area contributed by atoms with Crippen molar-refractivity contribution in [2.24, 2.45) is 0 Å². The summed E-state index contributed by atoms with van der Waals surface area (Å²) in [4.78, 5) is 10.6. The first-order valence-electron chi connectivity index (χ1n) is 5.20. The van der Waals surface area contributed by atoms with Gasteiger partial charge in [-0.25, -0.2) is 13.1 Å². The molecular formula is C11H15NO5S. The minimum Gasteiger partial charge on any atom is -0.497 e. The molecule has 0 aliphatic carbocycles. The quantitative estimate of drug-likeness (QED) is 0.791. The second kappa shape index (κ2) is 5.83. The molecule has 0 saturated carbocycles. The lowest BCUT2D eigenvalue weighted by molar-refractivity contribution is -0.138. The van der Waals surface area contributed by atoms with E-state index in [1.165, 1.54) is 14.0 Å². The van der Waals surface area contributed by atoms with Crippen LogP contribution in [0.3, 0.4) is 0 Å². The van der Waals surface area contributed by atoms with Crippen LogP contribution in [0, 0.1) is 0 Å². The van der Waals surface area contributed by atoms with Crippen LogP contribution in [0.25, 0.3) is 0 Å². The van der Waals surface area contributed by atoms with Crippen molar-refractivity contribution < 1.29 is 23.1 Å². The molecule has 0 bridgehead atoms. The second-order valence-corrected chi connectivity index (χ2v) is 5.54. The van der Waals surface area contributed by atoms with Crippen molar-refractivity contribution in [3.8, 4) is 5.75 Å². The van der Waals surface area contributed by atoms with Gasteiger partial charge in [-0.2, -0.15) is 0 Å². The van der Waals surface area contributed by atoms with Gasteiger partial charge in [-0.1, -0.05) is 12.1 Å². The van der Waals surface area contributed by atoms with E-state index in [-0.39, 0.29) is 5.75 Å². The average Bonchev–Trinajstić information content (AvgIpc) is 2.27. The van der Waals surface area contributed by atoms with Crippen LogP contribution < -0.4 is 9.46 Å². The highest BCUT2D eigenvalue weighted by Gasteiger charge is 2.19. The molecule has 0 aliphatic rings. The molecule has 0 fully saturated rings. The molecule has 7 heteroatoms. The maximum atomic E-state index is 11.7. The van der Waals surface area contributed by atoms with E-state index in [4.69, 9.17) is 9.84 Å².